The van der Waals surface area contributed by atoms with Gasteiger partial charge in [-0.2, -0.15) is 0 Å². The number of aliphatic hydroxyl groups excluding tert-OH is 1. The van der Waals surface area contributed by atoms with Crippen molar-refractivity contribution in [3.05, 3.63) is 47.5 Å². The topological polar surface area (TPSA) is 33.4 Å². The molecule has 2 rings (SSSR count). The van der Waals surface area contributed by atoms with E-state index in [2.05, 4.69) is 0 Å². The van der Waals surface area contributed by atoms with Crippen LogP contribution in [-0.2, 0) is 0 Å². The molecule has 0 bridgehead atoms. The molecule has 0 saturated heterocycles. The van der Waals surface area contributed by atoms with Crippen molar-refractivity contribution < 1.29 is 13.9 Å². The number of halogens is 1. The molecular weight excluding hydrogens is 207 g/mol. The number of furan rings is 1. The molecule has 1 aromatic heterocycles. The Bertz CT molecular complexity index is 480. The second kappa shape index (κ2) is 4.10. The van der Waals surface area contributed by atoms with E-state index in [9.17, 15) is 9.50 Å². The SMILES string of the molecule is Cc1cccc(F)c1-c1ccc(C(C)O)o1. The monoisotopic (exact) mass is 220 g/mol. The van der Waals surface area contributed by atoms with Crippen molar-refractivity contribution in [1.29, 1.82) is 0 Å². The van der Waals surface area contributed by atoms with Gasteiger partial charge >= 0.3 is 0 Å². The van der Waals surface area contributed by atoms with E-state index in [0.29, 0.717) is 17.1 Å². The Balaban J connectivity index is 2.50. The Morgan fingerprint density at radius 1 is 1.25 bits per heavy atom. The molecule has 0 aliphatic carbocycles. The molecule has 1 atom stereocenters. The van der Waals surface area contributed by atoms with Gasteiger partial charge in [0.15, 0.2) is 0 Å². The number of rotatable bonds is 2. The molecule has 1 N–H and O–H groups in total. The van der Waals surface area contributed by atoms with Crippen molar-refractivity contribution in [1.82, 2.24) is 0 Å². The molecule has 0 spiro atoms. The highest BCUT2D eigenvalue weighted by atomic mass is 19.1. The Hall–Kier alpha value is -1.61. The van der Waals surface area contributed by atoms with Gasteiger partial charge in [-0.3, -0.25) is 0 Å². The normalized spacial score (nSPS) is 12.8. The fraction of sp³-hybridized carbons (Fsp3) is 0.231. The largest absolute Gasteiger partial charge is 0.458 e. The lowest BCUT2D eigenvalue weighted by Crippen LogP contribution is -1.88. The Morgan fingerprint density at radius 3 is 2.56 bits per heavy atom. The average molecular weight is 220 g/mol. The predicted molar refractivity (Wildman–Crippen MR) is 59.5 cm³/mol. The zero-order chi connectivity index (χ0) is 11.7. The van der Waals surface area contributed by atoms with E-state index < -0.39 is 6.10 Å². The number of hydrogen-bond donors (Lipinski definition) is 1. The second-order valence-corrected chi connectivity index (χ2v) is 3.81. The van der Waals surface area contributed by atoms with Crippen molar-refractivity contribution in [2.45, 2.75) is 20.0 Å². The zero-order valence-electron chi connectivity index (χ0n) is 9.20. The van der Waals surface area contributed by atoms with Gasteiger partial charge in [-0.25, -0.2) is 4.39 Å². The van der Waals surface area contributed by atoms with Gasteiger partial charge in [-0.15, -0.1) is 0 Å². The summed E-state index contributed by atoms with van der Waals surface area (Å²) in [7, 11) is 0. The molecule has 84 valence electrons. The summed E-state index contributed by atoms with van der Waals surface area (Å²) in [5.74, 6) is 0.579. The van der Waals surface area contributed by atoms with E-state index in [1.165, 1.54) is 6.07 Å². The first-order valence-corrected chi connectivity index (χ1v) is 5.13. The number of aliphatic hydroxyl groups is 1. The summed E-state index contributed by atoms with van der Waals surface area (Å²) in [6.07, 6.45) is -0.680. The van der Waals surface area contributed by atoms with Crippen molar-refractivity contribution in [2.24, 2.45) is 0 Å². The summed E-state index contributed by atoms with van der Waals surface area (Å²) < 4.78 is 19.0. The van der Waals surface area contributed by atoms with E-state index >= 15 is 0 Å². The Kier molecular flexibility index (Phi) is 2.79. The van der Waals surface area contributed by atoms with Gasteiger partial charge in [0.2, 0.25) is 0 Å². The van der Waals surface area contributed by atoms with Gasteiger partial charge in [-0.05, 0) is 37.6 Å². The molecule has 0 aliphatic rings. The lowest BCUT2D eigenvalue weighted by Gasteiger charge is -2.04. The van der Waals surface area contributed by atoms with Gasteiger partial charge in [0.1, 0.15) is 23.4 Å². The molecule has 1 unspecified atom stereocenters. The van der Waals surface area contributed by atoms with E-state index in [0.717, 1.165) is 5.56 Å². The maximum absolute atomic E-state index is 13.6. The number of aryl methyl sites for hydroxylation is 1. The molecule has 0 fully saturated rings. The molecule has 0 radical (unpaired) electrons. The minimum Gasteiger partial charge on any atom is -0.458 e. The van der Waals surface area contributed by atoms with Crippen LogP contribution in [0.1, 0.15) is 24.4 Å². The predicted octanol–water partition coefficient (Wildman–Crippen LogP) is 3.45. The van der Waals surface area contributed by atoms with Crippen LogP contribution in [0.15, 0.2) is 34.7 Å². The minimum atomic E-state index is -0.680. The fourth-order valence-corrected chi connectivity index (χ4v) is 1.66. The van der Waals surface area contributed by atoms with E-state index in [-0.39, 0.29) is 5.82 Å². The summed E-state index contributed by atoms with van der Waals surface area (Å²) in [6.45, 7) is 3.43. The van der Waals surface area contributed by atoms with Gasteiger partial charge < -0.3 is 9.52 Å². The first-order valence-electron chi connectivity index (χ1n) is 5.13. The van der Waals surface area contributed by atoms with Crippen LogP contribution < -0.4 is 0 Å². The highest BCUT2D eigenvalue weighted by molar-refractivity contribution is 5.62. The number of benzene rings is 1. The highest BCUT2D eigenvalue weighted by Crippen LogP contribution is 2.29. The van der Waals surface area contributed by atoms with E-state index in [1.807, 2.05) is 13.0 Å². The molecule has 2 nitrogen and oxygen atoms in total. The second-order valence-electron chi connectivity index (χ2n) is 3.81. The first-order chi connectivity index (χ1) is 7.59. The average Bonchev–Trinajstić information content (AvgIpc) is 2.66. The Labute approximate surface area is 93.3 Å². The van der Waals surface area contributed by atoms with Crippen LogP contribution in [0.25, 0.3) is 11.3 Å². The highest BCUT2D eigenvalue weighted by Gasteiger charge is 2.13. The third kappa shape index (κ3) is 1.86. The van der Waals surface area contributed by atoms with Crippen molar-refractivity contribution in [2.75, 3.05) is 0 Å². The van der Waals surface area contributed by atoms with Crippen LogP contribution >= 0.6 is 0 Å². The van der Waals surface area contributed by atoms with Crippen molar-refractivity contribution >= 4 is 0 Å². The molecule has 0 amide bonds. The molecule has 1 aromatic carbocycles. The minimum absolute atomic E-state index is 0.313. The van der Waals surface area contributed by atoms with Crippen LogP contribution in [0.3, 0.4) is 0 Å². The van der Waals surface area contributed by atoms with E-state index in [1.54, 1.807) is 25.1 Å². The molecule has 0 aliphatic heterocycles. The lowest BCUT2D eigenvalue weighted by atomic mass is 10.1. The molecule has 3 heteroatoms. The van der Waals surface area contributed by atoms with Gasteiger partial charge in [0, 0.05) is 0 Å². The molecule has 0 saturated carbocycles. The van der Waals surface area contributed by atoms with Crippen molar-refractivity contribution in [3.63, 3.8) is 0 Å². The summed E-state index contributed by atoms with van der Waals surface area (Å²) >= 11 is 0. The van der Waals surface area contributed by atoms with Crippen LogP contribution in [0.4, 0.5) is 4.39 Å². The summed E-state index contributed by atoms with van der Waals surface area (Å²) in [5.41, 5.74) is 1.26. The van der Waals surface area contributed by atoms with Gasteiger partial charge in [0.05, 0.1) is 5.56 Å². The maximum Gasteiger partial charge on any atom is 0.137 e. The Morgan fingerprint density at radius 2 is 2.00 bits per heavy atom. The molecule has 1 heterocycles. The van der Waals surface area contributed by atoms with Gasteiger partial charge in [0.25, 0.3) is 0 Å². The first kappa shape index (κ1) is 10.9. The third-order valence-electron chi connectivity index (χ3n) is 2.51. The standard InChI is InChI=1S/C13H13FO2/c1-8-4-3-5-10(14)13(8)12-7-6-11(16-12)9(2)15/h3-7,9,15H,1-2H3. The lowest BCUT2D eigenvalue weighted by molar-refractivity contribution is 0.170. The third-order valence-corrected chi connectivity index (χ3v) is 2.51. The van der Waals surface area contributed by atoms with Gasteiger partial charge in [-0.1, -0.05) is 12.1 Å². The zero-order valence-corrected chi connectivity index (χ0v) is 9.20. The summed E-state index contributed by atoms with van der Waals surface area (Å²) in [5, 5.41) is 9.34. The van der Waals surface area contributed by atoms with Crippen LogP contribution in [0.2, 0.25) is 0 Å². The van der Waals surface area contributed by atoms with E-state index in [4.69, 9.17) is 4.42 Å². The smallest absolute Gasteiger partial charge is 0.137 e. The fourth-order valence-electron chi connectivity index (χ4n) is 1.66. The molecular formula is C13H13FO2. The molecule has 16 heavy (non-hydrogen) atoms. The summed E-state index contributed by atoms with van der Waals surface area (Å²) in [6, 6.07) is 8.21. The van der Waals surface area contributed by atoms with Crippen molar-refractivity contribution in [3.8, 4) is 11.3 Å². The van der Waals surface area contributed by atoms with Crippen LogP contribution in [-0.4, -0.2) is 5.11 Å². The summed E-state index contributed by atoms with van der Waals surface area (Å²) in [4.78, 5) is 0. The maximum atomic E-state index is 13.6. The van der Waals surface area contributed by atoms with Crippen LogP contribution in [0.5, 0.6) is 0 Å². The van der Waals surface area contributed by atoms with Crippen LogP contribution in [0, 0.1) is 12.7 Å². The quantitative estimate of drug-likeness (QED) is 0.840. The number of hydrogen-bond acceptors (Lipinski definition) is 2. The molecule has 2 aromatic rings.